The molecule has 2 heteroatoms. The van der Waals surface area contributed by atoms with Gasteiger partial charge in [0.25, 0.3) is 0 Å². The Kier molecular flexibility index (Phi) is 8.89. The van der Waals surface area contributed by atoms with E-state index in [4.69, 9.17) is 0 Å². The Hall–Kier alpha value is -0.0800. The Morgan fingerprint density at radius 3 is 2.00 bits per heavy atom. The van der Waals surface area contributed by atoms with Gasteiger partial charge in [-0.15, -0.1) is 0 Å². The van der Waals surface area contributed by atoms with Crippen LogP contribution in [0.2, 0.25) is 0 Å². The molecule has 0 amide bonds. The molecule has 0 saturated heterocycles. The lowest BCUT2D eigenvalue weighted by molar-refractivity contribution is -0.0248. The molecule has 2 unspecified atom stereocenters. The van der Waals surface area contributed by atoms with Gasteiger partial charge in [0.1, 0.15) is 0 Å². The molecule has 0 aromatic carbocycles. The molecule has 0 saturated carbocycles. The molecule has 0 aliphatic heterocycles. The third-order valence-electron chi connectivity index (χ3n) is 4.25. The molecule has 0 aromatic rings. The topological polar surface area (TPSA) is 23.5 Å². The monoisotopic (exact) mass is 243 g/mol. The SMILES string of the molecule is CCCCCCC(O)C(C)(CC)N(CC)CC. The normalized spacial score (nSPS) is 17.1. The lowest BCUT2D eigenvalue weighted by Gasteiger charge is -2.43. The highest BCUT2D eigenvalue weighted by Gasteiger charge is 2.35. The molecule has 1 N–H and O–H groups in total. The first kappa shape index (κ1) is 16.9. The number of rotatable bonds is 10. The molecule has 104 valence electrons. The highest BCUT2D eigenvalue weighted by atomic mass is 16.3. The third kappa shape index (κ3) is 4.97. The standard InChI is InChI=1S/C15H33NO/c1-6-10-11-12-13-14(17)15(5,7-2)16(8-3)9-4/h14,17H,6-13H2,1-5H3. The van der Waals surface area contributed by atoms with Crippen molar-refractivity contribution in [2.75, 3.05) is 13.1 Å². The first-order chi connectivity index (χ1) is 8.06. The van der Waals surface area contributed by atoms with Crippen LogP contribution < -0.4 is 0 Å². The highest BCUT2D eigenvalue weighted by Crippen LogP contribution is 2.26. The molecule has 0 spiro atoms. The predicted octanol–water partition coefficient (Wildman–Crippen LogP) is 3.83. The highest BCUT2D eigenvalue weighted by molar-refractivity contribution is 4.91. The first-order valence-electron chi connectivity index (χ1n) is 7.49. The van der Waals surface area contributed by atoms with Gasteiger partial charge >= 0.3 is 0 Å². The zero-order valence-electron chi connectivity index (χ0n) is 12.6. The maximum absolute atomic E-state index is 10.5. The lowest BCUT2D eigenvalue weighted by Crippen LogP contribution is -2.54. The van der Waals surface area contributed by atoms with Crippen molar-refractivity contribution in [1.29, 1.82) is 0 Å². The summed E-state index contributed by atoms with van der Waals surface area (Å²) in [6, 6.07) is 0. The van der Waals surface area contributed by atoms with Crippen molar-refractivity contribution < 1.29 is 5.11 Å². The fourth-order valence-corrected chi connectivity index (χ4v) is 2.69. The van der Waals surface area contributed by atoms with Gasteiger partial charge in [0.2, 0.25) is 0 Å². The smallest absolute Gasteiger partial charge is 0.0721 e. The summed E-state index contributed by atoms with van der Waals surface area (Å²) >= 11 is 0. The number of hydrogen-bond donors (Lipinski definition) is 1. The molecule has 0 aliphatic rings. The molecule has 2 nitrogen and oxygen atoms in total. The van der Waals surface area contributed by atoms with Gasteiger partial charge in [-0.05, 0) is 32.9 Å². The molecule has 0 radical (unpaired) electrons. The van der Waals surface area contributed by atoms with Crippen molar-refractivity contribution in [2.45, 2.75) is 84.8 Å². The van der Waals surface area contributed by atoms with E-state index >= 15 is 0 Å². The second-order valence-corrected chi connectivity index (χ2v) is 5.25. The fraction of sp³-hybridized carbons (Fsp3) is 1.00. The minimum atomic E-state index is -0.191. The number of aliphatic hydroxyl groups is 1. The number of unbranched alkanes of at least 4 members (excludes halogenated alkanes) is 3. The summed E-state index contributed by atoms with van der Waals surface area (Å²) < 4.78 is 0. The Morgan fingerprint density at radius 2 is 1.59 bits per heavy atom. The second kappa shape index (κ2) is 8.93. The summed E-state index contributed by atoms with van der Waals surface area (Å²) in [5.74, 6) is 0. The Bertz CT molecular complexity index is 180. The van der Waals surface area contributed by atoms with E-state index in [0.717, 1.165) is 32.4 Å². The molecule has 0 aliphatic carbocycles. The van der Waals surface area contributed by atoms with Crippen LogP contribution in [0.25, 0.3) is 0 Å². The van der Waals surface area contributed by atoms with Crippen LogP contribution in [0.5, 0.6) is 0 Å². The quantitative estimate of drug-likeness (QED) is 0.589. The fourth-order valence-electron chi connectivity index (χ4n) is 2.69. The molecule has 0 rings (SSSR count). The number of likely N-dealkylation sites (N-methyl/N-ethyl adjacent to an activating group) is 1. The molecule has 0 bridgehead atoms. The van der Waals surface area contributed by atoms with E-state index in [1.807, 2.05) is 0 Å². The van der Waals surface area contributed by atoms with Crippen LogP contribution in [-0.2, 0) is 0 Å². The van der Waals surface area contributed by atoms with E-state index in [0.29, 0.717) is 0 Å². The Morgan fingerprint density at radius 1 is 1.00 bits per heavy atom. The van der Waals surface area contributed by atoms with Crippen molar-refractivity contribution in [2.24, 2.45) is 0 Å². The molecule has 0 aromatic heterocycles. The van der Waals surface area contributed by atoms with Crippen LogP contribution in [0, 0.1) is 0 Å². The van der Waals surface area contributed by atoms with Crippen molar-refractivity contribution in [3.8, 4) is 0 Å². The zero-order chi connectivity index (χ0) is 13.3. The summed E-state index contributed by atoms with van der Waals surface area (Å²) in [6.45, 7) is 13.0. The van der Waals surface area contributed by atoms with Gasteiger partial charge < -0.3 is 5.11 Å². The summed E-state index contributed by atoms with van der Waals surface area (Å²) in [7, 11) is 0. The maximum Gasteiger partial charge on any atom is 0.0721 e. The summed E-state index contributed by atoms with van der Waals surface area (Å²) in [6.07, 6.45) is 6.74. The predicted molar refractivity (Wildman–Crippen MR) is 76.4 cm³/mol. The number of hydrogen-bond acceptors (Lipinski definition) is 2. The van der Waals surface area contributed by atoms with E-state index in [1.165, 1.54) is 19.3 Å². The van der Waals surface area contributed by atoms with E-state index in [1.54, 1.807) is 0 Å². The Balaban J connectivity index is 4.30. The molecule has 17 heavy (non-hydrogen) atoms. The average molecular weight is 243 g/mol. The largest absolute Gasteiger partial charge is 0.391 e. The minimum absolute atomic E-state index is 0.0459. The summed E-state index contributed by atoms with van der Waals surface area (Å²) in [5, 5.41) is 10.5. The van der Waals surface area contributed by atoms with Crippen molar-refractivity contribution in [3.05, 3.63) is 0 Å². The second-order valence-electron chi connectivity index (χ2n) is 5.25. The van der Waals surface area contributed by atoms with Crippen LogP contribution in [0.3, 0.4) is 0 Å². The van der Waals surface area contributed by atoms with Gasteiger partial charge in [0.15, 0.2) is 0 Å². The van der Waals surface area contributed by atoms with Gasteiger partial charge in [0, 0.05) is 5.54 Å². The lowest BCUT2D eigenvalue weighted by atomic mass is 9.86. The van der Waals surface area contributed by atoms with Crippen LogP contribution >= 0.6 is 0 Å². The number of nitrogens with zero attached hydrogens (tertiary/aromatic N) is 1. The van der Waals surface area contributed by atoms with Crippen LogP contribution in [0.15, 0.2) is 0 Å². The first-order valence-corrected chi connectivity index (χ1v) is 7.49. The van der Waals surface area contributed by atoms with Crippen molar-refractivity contribution in [1.82, 2.24) is 4.90 Å². The molecular weight excluding hydrogens is 210 g/mol. The van der Waals surface area contributed by atoms with E-state index in [-0.39, 0.29) is 11.6 Å². The number of aliphatic hydroxyl groups excluding tert-OH is 1. The van der Waals surface area contributed by atoms with E-state index in [2.05, 4.69) is 39.5 Å². The third-order valence-corrected chi connectivity index (χ3v) is 4.25. The zero-order valence-corrected chi connectivity index (χ0v) is 12.6. The van der Waals surface area contributed by atoms with Gasteiger partial charge in [-0.2, -0.15) is 0 Å². The maximum atomic E-state index is 10.5. The molecule has 0 fully saturated rings. The van der Waals surface area contributed by atoms with Crippen LogP contribution in [0.4, 0.5) is 0 Å². The molecule has 2 atom stereocenters. The average Bonchev–Trinajstić information content (AvgIpc) is 2.35. The van der Waals surface area contributed by atoms with Gasteiger partial charge in [-0.3, -0.25) is 4.90 Å². The van der Waals surface area contributed by atoms with Crippen LogP contribution in [-0.4, -0.2) is 34.7 Å². The van der Waals surface area contributed by atoms with E-state index in [9.17, 15) is 5.11 Å². The summed E-state index contributed by atoms with van der Waals surface area (Å²) in [4.78, 5) is 2.40. The molecule has 0 heterocycles. The molecular formula is C15H33NO. The Labute approximate surface area is 108 Å². The van der Waals surface area contributed by atoms with Gasteiger partial charge in [0.05, 0.1) is 6.10 Å². The van der Waals surface area contributed by atoms with Crippen molar-refractivity contribution >= 4 is 0 Å². The summed E-state index contributed by atoms with van der Waals surface area (Å²) in [5.41, 5.74) is -0.0459. The van der Waals surface area contributed by atoms with Gasteiger partial charge in [-0.25, -0.2) is 0 Å². The van der Waals surface area contributed by atoms with Gasteiger partial charge in [-0.1, -0.05) is 53.4 Å². The minimum Gasteiger partial charge on any atom is -0.391 e. The van der Waals surface area contributed by atoms with E-state index < -0.39 is 0 Å². The van der Waals surface area contributed by atoms with Crippen LogP contribution in [0.1, 0.15) is 73.1 Å². The van der Waals surface area contributed by atoms with Crippen molar-refractivity contribution in [3.63, 3.8) is 0 Å².